The van der Waals surface area contributed by atoms with Crippen molar-refractivity contribution in [1.29, 1.82) is 0 Å². The molecule has 2 aliphatic carbocycles. The van der Waals surface area contributed by atoms with Gasteiger partial charge < -0.3 is 4.74 Å². The van der Waals surface area contributed by atoms with Gasteiger partial charge in [0.05, 0.1) is 7.11 Å². The maximum absolute atomic E-state index is 14.0. The molecule has 0 heterocycles. The lowest BCUT2D eigenvalue weighted by Crippen LogP contribution is -2.21. The Kier molecular flexibility index (Phi) is 6.48. The zero-order valence-electron chi connectivity index (χ0n) is 20.3. The van der Waals surface area contributed by atoms with Crippen LogP contribution in [-0.2, 0) is 9.59 Å². The second-order valence-corrected chi connectivity index (χ2v) is 10.3. The van der Waals surface area contributed by atoms with Crippen molar-refractivity contribution in [1.82, 2.24) is 0 Å². The Morgan fingerprint density at radius 3 is 2.51 bits per heavy atom. The molecule has 5 rings (SSSR count). The lowest BCUT2D eigenvalue weighted by molar-refractivity contribution is -0.112. The van der Waals surface area contributed by atoms with Gasteiger partial charge in [0.25, 0.3) is 0 Å². The van der Waals surface area contributed by atoms with Gasteiger partial charge in [-0.3, -0.25) is 9.59 Å². The lowest BCUT2D eigenvalue weighted by Gasteiger charge is -2.28. The number of benzene rings is 3. The molecule has 0 saturated heterocycles. The molecular weight excluding hydrogens is 452 g/mol. The second kappa shape index (κ2) is 9.71. The first-order valence-electron chi connectivity index (χ1n) is 12.0. The fourth-order valence-corrected chi connectivity index (χ4v) is 6.12. The van der Waals surface area contributed by atoms with E-state index in [4.69, 9.17) is 4.74 Å². The molecule has 3 nitrogen and oxygen atoms in total. The average Bonchev–Trinajstić information content (AvgIpc) is 3.18. The molecule has 0 saturated carbocycles. The molecule has 0 aromatic heterocycles. The molecule has 1 atom stereocenters. The minimum absolute atomic E-state index is 0.0446. The molecule has 2 aliphatic rings. The summed E-state index contributed by atoms with van der Waals surface area (Å²) in [6.07, 6.45) is 3.27. The normalized spacial score (nSPS) is 19.0. The van der Waals surface area contributed by atoms with E-state index in [2.05, 4.69) is 12.1 Å². The van der Waals surface area contributed by atoms with Gasteiger partial charge >= 0.3 is 0 Å². The molecule has 0 spiro atoms. The first-order chi connectivity index (χ1) is 17.0. The Balaban J connectivity index is 1.62. The highest BCUT2D eigenvalue weighted by molar-refractivity contribution is 8.14. The molecule has 0 amide bonds. The number of allylic oxidation sites excluding steroid dienone is 4. The fraction of sp³-hybridized carbons (Fsp3) is 0.226. The first kappa shape index (κ1) is 23.4. The summed E-state index contributed by atoms with van der Waals surface area (Å²) in [6, 6.07) is 22.1. The van der Waals surface area contributed by atoms with Gasteiger partial charge in [-0.1, -0.05) is 90.5 Å². The summed E-state index contributed by atoms with van der Waals surface area (Å²) >= 11 is 1.32. The topological polar surface area (TPSA) is 43.4 Å². The molecular formula is C31H28O3S. The van der Waals surface area contributed by atoms with E-state index < -0.39 is 0 Å². The first-order valence-corrected chi connectivity index (χ1v) is 13.0. The summed E-state index contributed by atoms with van der Waals surface area (Å²) in [7, 11) is 1.66. The molecule has 0 N–H and O–H groups in total. The van der Waals surface area contributed by atoms with E-state index in [0.29, 0.717) is 18.6 Å². The minimum atomic E-state index is -0.320. The Morgan fingerprint density at radius 1 is 1.03 bits per heavy atom. The summed E-state index contributed by atoms with van der Waals surface area (Å²) in [4.78, 5) is 27.2. The largest absolute Gasteiger partial charge is 0.496 e. The third kappa shape index (κ3) is 4.17. The third-order valence-electron chi connectivity index (χ3n) is 6.93. The number of Topliss-reactive ketones (excluding diaryl/α,β-unsaturated/α-hetero) is 1. The van der Waals surface area contributed by atoms with Crippen molar-refractivity contribution in [3.05, 3.63) is 106 Å². The summed E-state index contributed by atoms with van der Waals surface area (Å²) in [6.45, 7) is 4.03. The quantitative estimate of drug-likeness (QED) is 0.360. The Hall–Kier alpha value is -3.37. The van der Waals surface area contributed by atoms with Crippen LogP contribution in [0.4, 0.5) is 0 Å². The van der Waals surface area contributed by atoms with Crippen LogP contribution in [0, 0.1) is 0 Å². The molecule has 1 unspecified atom stereocenters. The van der Waals surface area contributed by atoms with E-state index >= 15 is 0 Å². The van der Waals surface area contributed by atoms with Crippen molar-refractivity contribution in [2.24, 2.45) is 0 Å². The maximum atomic E-state index is 14.0. The predicted octanol–water partition coefficient (Wildman–Crippen LogP) is 7.28. The maximum Gasteiger partial charge on any atom is 0.216 e. The highest BCUT2D eigenvalue weighted by atomic mass is 32.2. The Bertz CT molecular complexity index is 1430. The number of methoxy groups -OCH3 is 1. The molecule has 0 radical (unpaired) electrons. The van der Waals surface area contributed by atoms with Gasteiger partial charge in [0.15, 0.2) is 5.78 Å². The van der Waals surface area contributed by atoms with Crippen LogP contribution in [0.5, 0.6) is 5.75 Å². The van der Waals surface area contributed by atoms with Gasteiger partial charge in [0, 0.05) is 28.2 Å². The van der Waals surface area contributed by atoms with Crippen LogP contribution in [0.2, 0.25) is 0 Å². The molecule has 0 fully saturated rings. The smallest absolute Gasteiger partial charge is 0.216 e. The molecule has 0 aliphatic heterocycles. The van der Waals surface area contributed by atoms with Crippen molar-refractivity contribution < 1.29 is 14.3 Å². The number of hydrogen-bond donors (Lipinski definition) is 0. The van der Waals surface area contributed by atoms with Crippen molar-refractivity contribution in [2.75, 3.05) is 12.9 Å². The number of rotatable bonds is 5. The van der Waals surface area contributed by atoms with Gasteiger partial charge in [-0.25, -0.2) is 0 Å². The number of fused-ring (bicyclic) bond motifs is 1. The van der Waals surface area contributed by atoms with E-state index in [1.54, 1.807) is 7.11 Å². The zero-order valence-corrected chi connectivity index (χ0v) is 21.1. The molecule has 4 heteroatoms. The average molecular weight is 481 g/mol. The molecule has 0 bridgehead atoms. The standard InChI is InChI=1S/C31H28O3S/c1-4-35-31(33)27-19(2)16-22-17-23(30(32)29(22)28(27)21-11-6-5-7-12-21)18-25-24-13-9-8-10-20(24)14-15-26(25)34-3/h5-15,18,28H,4,16-17H2,1-3H3. The van der Waals surface area contributed by atoms with Crippen LogP contribution >= 0.6 is 11.8 Å². The van der Waals surface area contributed by atoms with Gasteiger partial charge in [-0.15, -0.1) is 0 Å². The number of ether oxygens (including phenoxy) is 1. The van der Waals surface area contributed by atoms with Crippen LogP contribution < -0.4 is 4.74 Å². The predicted molar refractivity (Wildman–Crippen MR) is 145 cm³/mol. The fourth-order valence-electron chi connectivity index (χ4n) is 5.41. The third-order valence-corrected chi connectivity index (χ3v) is 7.70. The summed E-state index contributed by atoms with van der Waals surface area (Å²) in [5.41, 5.74) is 6.44. The molecule has 176 valence electrons. The SMILES string of the molecule is CCSC(=O)C1=C(C)CC2=C(C(=O)C(=Cc3c(OC)ccc4ccccc34)C2)C1c1ccccc1. The monoisotopic (exact) mass is 480 g/mol. The Labute approximate surface area is 210 Å². The lowest BCUT2D eigenvalue weighted by atomic mass is 9.76. The number of carbonyl (C=O) groups is 2. The molecule has 3 aromatic carbocycles. The van der Waals surface area contributed by atoms with Gasteiger partial charge in [-0.05, 0) is 54.0 Å². The van der Waals surface area contributed by atoms with Crippen molar-refractivity contribution in [3.8, 4) is 5.75 Å². The summed E-state index contributed by atoms with van der Waals surface area (Å²) in [5.74, 6) is 1.18. The van der Waals surface area contributed by atoms with Gasteiger partial charge in [-0.2, -0.15) is 0 Å². The van der Waals surface area contributed by atoms with E-state index in [1.807, 2.05) is 74.5 Å². The van der Waals surface area contributed by atoms with Gasteiger partial charge in [0.1, 0.15) is 5.75 Å². The minimum Gasteiger partial charge on any atom is -0.496 e. The van der Waals surface area contributed by atoms with E-state index in [0.717, 1.165) is 55.5 Å². The second-order valence-electron chi connectivity index (χ2n) is 9.03. The van der Waals surface area contributed by atoms with Crippen LogP contribution in [0.3, 0.4) is 0 Å². The molecule has 35 heavy (non-hydrogen) atoms. The highest BCUT2D eigenvalue weighted by Gasteiger charge is 2.41. The van der Waals surface area contributed by atoms with Crippen LogP contribution in [-0.4, -0.2) is 23.8 Å². The van der Waals surface area contributed by atoms with Crippen molar-refractivity contribution in [3.63, 3.8) is 0 Å². The number of hydrogen-bond acceptors (Lipinski definition) is 4. The van der Waals surface area contributed by atoms with Crippen LogP contribution in [0.15, 0.2) is 94.6 Å². The number of carbonyl (C=O) groups excluding carboxylic acids is 2. The van der Waals surface area contributed by atoms with E-state index in [1.165, 1.54) is 11.8 Å². The molecule has 3 aromatic rings. The number of ketones is 1. The van der Waals surface area contributed by atoms with Crippen molar-refractivity contribution >= 4 is 39.5 Å². The number of thioether (sulfide) groups is 1. The summed E-state index contributed by atoms with van der Waals surface area (Å²) < 4.78 is 5.68. The van der Waals surface area contributed by atoms with Crippen LogP contribution in [0.1, 0.15) is 43.7 Å². The van der Waals surface area contributed by atoms with Crippen molar-refractivity contribution in [2.45, 2.75) is 32.6 Å². The van der Waals surface area contributed by atoms with E-state index in [-0.39, 0.29) is 16.8 Å². The summed E-state index contributed by atoms with van der Waals surface area (Å²) in [5, 5.41) is 2.24. The van der Waals surface area contributed by atoms with Crippen LogP contribution in [0.25, 0.3) is 16.8 Å². The highest BCUT2D eigenvalue weighted by Crippen LogP contribution is 2.49. The zero-order chi connectivity index (χ0) is 24.5. The van der Waals surface area contributed by atoms with Gasteiger partial charge in [0.2, 0.25) is 5.12 Å². The Morgan fingerprint density at radius 2 is 1.77 bits per heavy atom. The van der Waals surface area contributed by atoms with E-state index in [9.17, 15) is 9.59 Å².